The van der Waals surface area contributed by atoms with Gasteiger partial charge < -0.3 is 0 Å². The lowest BCUT2D eigenvalue weighted by molar-refractivity contribution is 1.27. The van der Waals surface area contributed by atoms with Gasteiger partial charge in [-0.15, -0.1) is 23.5 Å². The van der Waals surface area contributed by atoms with Crippen molar-refractivity contribution in [3.8, 4) is 0 Å². The number of rotatable bonds is 0. The molecule has 0 bridgehead atoms. The first kappa shape index (κ1) is 5.69. The van der Waals surface area contributed by atoms with Gasteiger partial charge in [-0.1, -0.05) is 12.1 Å². The lowest BCUT2D eigenvalue weighted by Gasteiger charge is -1.90. The quantitative estimate of drug-likeness (QED) is 0.560. The van der Waals surface area contributed by atoms with Crippen molar-refractivity contribution < 1.29 is 0 Å². The Kier molecular flexibility index (Phi) is 1.44. The third-order valence-electron chi connectivity index (χ3n) is 1.15. The van der Waals surface area contributed by atoms with Crippen LogP contribution in [0.25, 0.3) is 0 Å². The van der Waals surface area contributed by atoms with Crippen molar-refractivity contribution in [1.29, 1.82) is 0 Å². The van der Waals surface area contributed by atoms with Gasteiger partial charge in [0.2, 0.25) is 0 Å². The summed E-state index contributed by atoms with van der Waals surface area (Å²) in [5.41, 5.74) is 0. The van der Waals surface area contributed by atoms with Gasteiger partial charge in [0.05, 0.1) is 0 Å². The Labute approximate surface area is 63.0 Å². The summed E-state index contributed by atoms with van der Waals surface area (Å²) < 4.78 is 0. The zero-order valence-corrected chi connectivity index (χ0v) is 6.26. The molecule has 1 aliphatic rings. The van der Waals surface area contributed by atoms with Crippen LogP contribution in [-0.2, 0) is 0 Å². The molecule has 1 aliphatic heterocycles. The Bertz CT molecular complexity index is 197. The molecule has 0 N–H and O–H groups in total. The number of thioether (sulfide) groups is 2. The smallest absolute Gasteiger partial charge is 0.102 e. The van der Waals surface area contributed by atoms with Crippen molar-refractivity contribution in [2.75, 3.05) is 0 Å². The minimum atomic E-state index is 1.34. The minimum Gasteiger partial charge on any atom is -0.102 e. The molecule has 1 aromatic rings. The molecule has 1 aromatic carbocycles. The van der Waals surface area contributed by atoms with Gasteiger partial charge in [0.1, 0.15) is 5.08 Å². The molecule has 0 saturated carbocycles. The molecule has 0 aromatic heterocycles. The molecule has 0 fully saturated rings. The van der Waals surface area contributed by atoms with Crippen LogP contribution in [0.2, 0.25) is 0 Å². The largest absolute Gasteiger partial charge is 0.124 e. The molecule has 1 heterocycles. The maximum atomic E-state index is 3.12. The Hall–Kier alpha value is -0.0800. The van der Waals surface area contributed by atoms with Crippen LogP contribution in [0.15, 0.2) is 34.1 Å². The monoisotopic (exact) mass is 152 g/mol. The van der Waals surface area contributed by atoms with Crippen LogP contribution in [-0.4, -0.2) is 0 Å². The normalized spacial score (nSPS) is 15.6. The molecule has 0 amide bonds. The standard InChI is InChI=1S/C7H4S2/c1-2-4-7-6(3-1)8-5-9-7/h1-4H. The fourth-order valence-electron chi connectivity index (χ4n) is 0.729. The summed E-state index contributed by atoms with van der Waals surface area (Å²) >= 11 is 3.36. The van der Waals surface area contributed by atoms with Gasteiger partial charge in [-0.3, -0.25) is 0 Å². The third-order valence-corrected chi connectivity index (χ3v) is 3.10. The topological polar surface area (TPSA) is 0 Å². The van der Waals surface area contributed by atoms with E-state index in [9.17, 15) is 0 Å². The maximum Gasteiger partial charge on any atom is 0.124 e. The molecule has 0 unspecified atom stereocenters. The predicted molar refractivity (Wildman–Crippen MR) is 41.4 cm³/mol. The maximum absolute atomic E-state index is 3.12. The molecule has 0 aliphatic carbocycles. The van der Waals surface area contributed by atoms with E-state index in [1.807, 2.05) is 0 Å². The fourth-order valence-corrected chi connectivity index (χ4v) is 2.49. The SMILES string of the molecule is [C]1Sc2ccccc2S1. The first-order valence-electron chi connectivity index (χ1n) is 2.64. The average Bonchev–Trinajstić information content (AvgIpc) is 2.33. The summed E-state index contributed by atoms with van der Waals surface area (Å²) in [6.07, 6.45) is 0. The number of hydrogen-bond acceptors (Lipinski definition) is 2. The zero-order valence-electron chi connectivity index (χ0n) is 4.63. The Morgan fingerprint density at radius 3 is 2.11 bits per heavy atom. The van der Waals surface area contributed by atoms with Crippen molar-refractivity contribution in [2.24, 2.45) is 0 Å². The van der Waals surface area contributed by atoms with Gasteiger partial charge >= 0.3 is 0 Å². The third kappa shape index (κ3) is 0.970. The van der Waals surface area contributed by atoms with Gasteiger partial charge in [0.25, 0.3) is 0 Å². The summed E-state index contributed by atoms with van der Waals surface area (Å²) in [7, 11) is 0. The van der Waals surface area contributed by atoms with Gasteiger partial charge in [-0.25, -0.2) is 0 Å². The van der Waals surface area contributed by atoms with Crippen LogP contribution in [0, 0.1) is 5.08 Å². The van der Waals surface area contributed by atoms with Gasteiger partial charge in [-0.2, -0.15) is 0 Å². The summed E-state index contributed by atoms with van der Waals surface area (Å²) in [6, 6.07) is 8.35. The second kappa shape index (κ2) is 2.27. The number of fused-ring (bicyclic) bond motifs is 1. The van der Waals surface area contributed by atoms with Crippen molar-refractivity contribution >= 4 is 23.5 Å². The van der Waals surface area contributed by atoms with Crippen LogP contribution < -0.4 is 0 Å². The molecule has 2 rings (SSSR count). The van der Waals surface area contributed by atoms with Crippen LogP contribution in [0.5, 0.6) is 0 Å². The van der Waals surface area contributed by atoms with Crippen LogP contribution in [0.4, 0.5) is 0 Å². The summed E-state index contributed by atoms with van der Waals surface area (Å²) in [6.45, 7) is 0. The van der Waals surface area contributed by atoms with Crippen LogP contribution >= 0.6 is 23.5 Å². The lowest BCUT2D eigenvalue weighted by atomic mass is 10.4. The van der Waals surface area contributed by atoms with Crippen LogP contribution in [0.3, 0.4) is 0 Å². The van der Waals surface area contributed by atoms with E-state index in [1.165, 1.54) is 9.79 Å². The van der Waals surface area contributed by atoms with Crippen molar-refractivity contribution in [3.05, 3.63) is 29.4 Å². The van der Waals surface area contributed by atoms with E-state index in [2.05, 4.69) is 29.4 Å². The fraction of sp³-hybridized carbons (Fsp3) is 0. The molecule has 0 spiro atoms. The molecule has 2 radical (unpaired) electrons. The predicted octanol–water partition coefficient (Wildman–Crippen LogP) is 2.88. The molecule has 9 heavy (non-hydrogen) atoms. The van der Waals surface area contributed by atoms with Crippen molar-refractivity contribution in [3.63, 3.8) is 0 Å². The highest BCUT2D eigenvalue weighted by molar-refractivity contribution is 8.21. The Balaban J connectivity index is 2.54. The molecular formula is C7H4S2. The van der Waals surface area contributed by atoms with E-state index in [0.717, 1.165) is 0 Å². The van der Waals surface area contributed by atoms with Crippen LogP contribution in [0.1, 0.15) is 0 Å². The first-order valence-corrected chi connectivity index (χ1v) is 4.28. The summed E-state index contributed by atoms with van der Waals surface area (Å²) in [5, 5.41) is 3.12. The van der Waals surface area contributed by atoms with E-state index in [-0.39, 0.29) is 0 Å². The molecule has 0 atom stereocenters. The Morgan fingerprint density at radius 1 is 1.00 bits per heavy atom. The Morgan fingerprint density at radius 2 is 1.56 bits per heavy atom. The van der Waals surface area contributed by atoms with Gasteiger partial charge in [-0.05, 0) is 12.1 Å². The first-order chi connectivity index (χ1) is 4.47. The van der Waals surface area contributed by atoms with Gasteiger partial charge in [0.15, 0.2) is 0 Å². The van der Waals surface area contributed by atoms with E-state index < -0.39 is 0 Å². The highest BCUT2D eigenvalue weighted by atomic mass is 32.2. The highest BCUT2D eigenvalue weighted by Crippen LogP contribution is 2.44. The minimum absolute atomic E-state index is 1.34. The number of benzene rings is 1. The van der Waals surface area contributed by atoms with E-state index in [0.29, 0.717) is 0 Å². The second-order valence-corrected chi connectivity index (χ2v) is 3.69. The van der Waals surface area contributed by atoms with E-state index in [1.54, 1.807) is 23.5 Å². The van der Waals surface area contributed by atoms with E-state index in [4.69, 9.17) is 0 Å². The highest BCUT2D eigenvalue weighted by Gasteiger charge is 2.10. The molecular weight excluding hydrogens is 148 g/mol. The van der Waals surface area contributed by atoms with E-state index >= 15 is 0 Å². The summed E-state index contributed by atoms with van der Waals surface area (Å²) in [4.78, 5) is 2.67. The second-order valence-electron chi connectivity index (χ2n) is 1.73. The molecule has 44 valence electrons. The lowest BCUT2D eigenvalue weighted by Crippen LogP contribution is -1.65. The molecule has 2 heteroatoms. The van der Waals surface area contributed by atoms with Crippen molar-refractivity contribution in [1.82, 2.24) is 0 Å². The molecule has 0 nitrogen and oxygen atoms in total. The molecule has 0 saturated heterocycles. The average molecular weight is 152 g/mol. The zero-order chi connectivity index (χ0) is 6.10. The van der Waals surface area contributed by atoms with Gasteiger partial charge in [0, 0.05) is 9.79 Å². The van der Waals surface area contributed by atoms with Crippen molar-refractivity contribution in [2.45, 2.75) is 9.79 Å². The number of hydrogen-bond donors (Lipinski definition) is 0. The summed E-state index contributed by atoms with van der Waals surface area (Å²) in [5.74, 6) is 0.